The molecular weight excluding hydrogens is 651 g/mol. The van der Waals surface area contributed by atoms with E-state index in [1.807, 2.05) is 12.1 Å². The molecule has 0 radical (unpaired) electrons. The van der Waals surface area contributed by atoms with Crippen molar-refractivity contribution in [3.8, 4) is 11.8 Å². The molecule has 1 aromatic carbocycles. The number of aromatic nitrogens is 3. The van der Waals surface area contributed by atoms with Crippen LogP contribution in [0.4, 0.5) is 5.82 Å². The Morgan fingerprint density at radius 3 is 2.47 bits per heavy atom. The molecule has 6 atom stereocenters. The average Bonchev–Trinajstić information content (AvgIpc) is 3.66. The van der Waals surface area contributed by atoms with Gasteiger partial charge in [-0.25, -0.2) is 14.1 Å². The molecule has 6 rings (SSSR count). The van der Waals surface area contributed by atoms with Crippen molar-refractivity contribution >= 4 is 25.1 Å². The van der Waals surface area contributed by atoms with Crippen molar-refractivity contribution in [1.29, 1.82) is 5.26 Å². The molecule has 1 unspecified atom stereocenters. The lowest BCUT2D eigenvalue weighted by molar-refractivity contribution is -0.204. The van der Waals surface area contributed by atoms with Gasteiger partial charge in [0.25, 0.3) is 0 Å². The Bertz CT molecular complexity index is 1810. The summed E-state index contributed by atoms with van der Waals surface area (Å²) in [4.78, 5) is 17.1. The van der Waals surface area contributed by atoms with E-state index in [0.717, 1.165) is 18.4 Å². The van der Waals surface area contributed by atoms with E-state index in [4.69, 9.17) is 33.7 Å². The van der Waals surface area contributed by atoms with E-state index in [9.17, 15) is 14.6 Å². The number of ether oxygens (including phenoxy) is 4. The Morgan fingerprint density at radius 2 is 1.84 bits per heavy atom. The third kappa shape index (κ3) is 6.93. The molecule has 0 bridgehead atoms. The molecule has 3 fully saturated rings. The first-order valence-corrected chi connectivity index (χ1v) is 17.9. The maximum atomic E-state index is 14.5. The van der Waals surface area contributed by atoms with Crippen LogP contribution in [-0.4, -0.2) is 63.4 Å². The maximum Gasteiger partial charge on any atom is 0.459 e. The highest BCUT2D eigenvalue weighted by molar-refractivity contribution is 7.52. The van der Waals surface area contributed by atoms with Gasteiger partial charge in [0.2, 0.25) is 5.60 Å². The maximum absolute atomic E-state index is 14.5. The second-order valence-corrected chi connectivity index (χ2v) is 17.0. The first-order valence-electron chi connectivity index (χ1n) is 16.4. The van der Waals surface area contributed by atoms with Crippen molar-refractivity contribution in [2.24, 2.45) is 5.41 Å². The molecule has 2 saturated heterocycles. The summed E-state index contributed by atoms with van der Waals surface area (Å²) in [6, 6.07) is 11.8. The van der Waals surface area contributed by atoms with E-state index >= 15 is 0 Å². The molecule has 264 valence electrons. The third-order valence-corrected chi connectivity index (χ3v) is 10.8. The summed E-state index contributed by atoms with van der Waals surface area (Å²) in [7, 11) is -4.30. The zero-order chi connectivity index (χ0) is 35.6. The van der Waals surface area contributed by atoms with E-state index < -0.39 is 49.5 Å². The Hall–Kier alpha value is -3.57. The van der Waals surface area contributed by atoms with E-state index in [0.29, 0.717) is 11.2 Å². The number of benzene rings is 1. The minimum absolute atomic E-state index is 0.105. The van der Waals surface area contributed by atoms with E-state index in [2.05, 4.69) is 55.9 Å². The Balaban J connectivity index is 1.26. The summed E-state index contributed by atoms with van der Waals surface area (Å²) in [5.41, 5.74) is 6.23. The number of anilines is 1. The first-order chi connectivity index (χ1) is 22.8. The Morgan fingerprint density at radius 1 is 1.14 bits per heavy atom. The highest BCUT2D eigenvalue weighted by Crippen LogP contribution is 2.52. The van der Waals surface area contributed by atoms with Crippen LogP contribution >= 0.6 is 7.75 Å². The SMILES string of the molecule is C[C@H](NP(=O)(OC[C@H]1O[C@@](C#N)(c2ccc3c(N)ncnn23)[C@@H]2OC(C)(C)O[C@@H]21)Oc1ccc(C(C)(C)C)cc1)C(=O)OC1CC(C)(C)C1. The second-order valence-electron chi connectivity index (χ2n) is 15.3. The second kappa shape index (κ2) is 12.3. The highest BCUT2D eigenvalue weighted by Gasteiger charge is 2.65. The monoisotopic (exact) mass is 696 g/mol. The van der Waals surface area contributed by atoms with Gasteiger partial charge in [-0.3, -0.25) is 9.32 Å². The molecule has 3 aliphatic rings. The number of hydrogen-bond acceptors (Lipinski definition) is 12. The van der Waals surface area contributed by atoms with Crippen LogP contribution in [0.5, 0.6) is 5.75 Å². The van der Waals surface area contributed by atoms with Gasteiger partial charge in [-0.1, -0.05) is 46.8 Å². The predicted octanol–water partition coefficient (Wildman–Crippen LogP) is 5.16. The summed E-state index contributed by atoms with van der Waals surface area (Å²) in [6.45, 7) is 15.1. The highest BCUT2D eigenvalue weighted by atomic mass is 31.2. The van der Waals surface area contributed by atoms with Gasteiger partial charge in [-0.05, 0) is 74.3 Å². The number of hydrogen-bond donors (Lipinski definition) is 2. The van der Waals surface area contributed by atoms with Crippen LogP contribution in [0.25, 0.3) is 5.52 Å². The predicted molar refractivity (Wildman–Crippen MR) is 178 cm³/mol. The lowest BCUT2D eigenvalue weighted by atomic mass is 9.70. The van der Waals surface area contributed by atoms with Crippen molar-refractivity contribution < 1.29 is 37.4 Å². The van der Waals surface area contributed by atoms with Gasteiger partial charge in [0.05, 0.1) is 12.3 Å². The van der Waals surface area contributed by atoms with Crippen molar-refractivity contribution in [2.45, 2.75) is 115 Å². The standard InChI is InChI=1S/C34H45N6O8P/c1-20(30(41)44-23-15-32(5,6)16-23)39-49(42,48-22-11-9-21(10-12-22)31(2,3)4)43-17-25-27-28(47-33(7,8)46-27)34(18-35,45-25)26-14-13-24-29(36)37-19-38-40(24)26/h9-14,19-20,23,25,27-28H,15-17H2,1-8H3,(H,39,42)(H2,36,37,38)/t20-,25+,27+,28+,34-,49?/m0/s1. The van der Waals surface area contributed by atoms with Gasteiger partial charge in [0.15, 0.2) is 11.6 Å². The molecule has 14 nitrogen and oxygen atoms in total. The lowest BCUT2D eigenvalue weighted by Crippen LogP contribution is -2.43. The molecule has 2 aromatic heterocycles. The fourth-order valence-electron chi connectivity index (χ4n) is 6.69. The Kier molecular flexibility index (Phi) is 8.88. The van der Waals surface area contributed by atoms with Gasteiger partial charge in [0.1, 0.15) is 54.1 Å². The molecule has 1 saturated carbocycles. The van der Waals surface area contributed by atoms with Crippen LogP contribution in [-0.2, 0) is 43.8 Å². The molecule has 4 heterocycles. The summed E-state index contributed by atoms with van der Waals surface area (Å²) in [6.07, 6.45) is -0.144. The molecule has 15 heteroatoms. The van der Waals surface area contributed by atoms with E-state index in [1.165, 1.54) is 10.8 Å². The molecule has 3 aromatic rings. The van der Waals surface area contributed by atoms with E-state index in [-0.39, 0.29) is 35.1 Å². The molecule has 49 heavy (non-hydrogen) atoms. The van der Waals surface area contributed by atoms with Crippen molar-refractivity contribution in [2.75, 3.05) is 12.3 Å². The number of nitrogens with one attached hydrogen (secondary N) is 1. The van der Waals surface area contributed by atoms with Crippen LogP contribution in [0.1, 0.15) is 79.5 Å². The van der Waals surface area contributed by atoms with Gasteiger partial charge < -0.3 is 29.2 Å². The number of nitriles is 1. The third-order valence-electron chi connectivity index (χ3n) is 9.17. The van der Waals surface area contributed by atoms with Gasteiger partial charge in [0, 0.05) is 0 Å². The van der Waals surface area contributed by atoms with Crippen LogP contribution in [0, 0.1) is 16.7 Å². The topological polar surface area (TPSA) is 182 Å². The number of carbonyl (C=O) groups is 1. The molecule has 0 spiro atoms. The van der Waals surface area contributed by atoms with Crippen LogP contribution in [0.2, 0.25) is 0 Å². The average molecular weight is 697 g/mol. The largest absolute Gasteiger partial charge is 0.461 e. The minimum Gasteiger partial charge on any atom is -0.461 e. The normalized spacial score (nSPS) is 27.9. The number of nitrogens with zero attached hydrogens (tertiary/aromatic N) is 4. The summed E-state index contributed by atoms with van der Waals surface area (Å²) >= 11 is 0. The number of rotatable bonds is 10. The number of carbonyl (C=O) groups excluding carboxylic acids is 1. The molecular formula is C34H45N6O8P. The van der Waals surface area contributed by atoms with Gasteiger partial charge >= 0.3 is 13.7 Å². The van der Waals surface area contributed by atoms with Crippen LogP contribution in [0.3, 0.4) is 0 Å². The zero-order valence-corrected chi connectivity index (χ0v) is 30.0. The lowest BCUT2D eigenvalue weighted by Gasteiger charge is -2.42. The van der Waals surface area contributed by atoms with Crippen molar-refractivity contribution in [3.05, 3.63) is 54.0 Å². The van der Waals surface area contributed by atoms with Crippen molar-refractivity contribution in [1.82, 2.24) is 19.7 Å². The van der Waals surface area contributed by atoms with Gasteiger partial charge in [-0.2, -0.15) is 15.4 Å². The quantitative estimate of drug-likeness (QED) is 0.210. The number of fused-ring (bicyclic) bond motifs is 2. The molecule has 0 amide bonds. The van der Waals surface area contributed by atoms with Gasteiger partial charge in [-0.15, -0.1) is 0 Å². The number of nitrogens with two attached hydrogens (primary N) is 1. The fourth-order valence-corrected chi connectivity index (χ4v) is 8.20. The van der Waals surface area contributed by atoms with Crippen molar-refractivity contribution in [3.63, 3.8) is 0 Å². The van der Waals surface area contributed by atoms with Crippen LogP contribution in [0.15, 0.2) is 42.7 Å². The Labute approximate surface area is 286 Å². The first kappa shape index (κ1) is 35.3. The van der Waals surface area contributed by atoms with E-state index in [1.54, 1.807) is 45.0 Å². The summed E-state index contributed by atoms with van der Waals surface area (Å²) in [5, 5.41) is 17.7. The minimum atomic E-state index is -4.30. The summed E-state index contributed by atoms with van der Waals surface area (Å²) in [5.74, 6) is -1.17. The number of nitrogen functional groups attached to an aromatic ring is 1. The smallest absolute Gasteiger partial charge is 0.459 e. The molecule has 3 N–H and O–H groups in total. The fraction of sp³-hybridized carbons (Fsp3) is 0.588. The molecule has 2 aliphatic heterocycles. The van der Waals surface area contributed by atoms with Crippen LogP contribution < -0.4 is 15.3 Å². The zero-order valence-electron chi connectivity index (χ0n) is 29.1. The molecule has 1 aliphatic carbocycles. The number of esters is 1. The summed E-state index contributed by atoms with van der Waals surface area (Å²) < 4.78 is 52.6.